The average Bonchev–Trinajstić information content (AvgIpc) is 2.59. The van der Waals surface area contributed by atoms with Crippen molar-refractivity contribution < 1.29 is 4.74 Å². The van der Waals surface area contributed by atoms with Crippen molar-refractivity contribution in [3.05, 3.63) is 21.6 Å². The molecule has 5 heteroatoms. The Labute approximate surface area is 94.6 Å². The third kappa shape index (κ3) is 2.05. The minimum Gasteiger partial charge on any atom is -0.381 e. The summed E-state index contributed by atoms with van der Waals surface area (Å²) in [5.74, 6) is 0.421. The van der Waals surface area contributed by atoms with Crippen LogP contribution in [0.5, 0.6) is 0 Å². The normalized spacial score (nSPS) is 17.9. The fourth-order valence-corrected chi connectivity index (χ4v) is 2.33. The van der Waals surface area contributed by atoms with Gasteiger partial charge in [0.15, 0.2) is 0 Å². The van der Waals surface area contributed by atoms with E-state index in [1.807, 2.05) is 0 Å². The Morgan fingerprint density at radius 2 is 2.19 bits per heavy atom. The van der Waals surface area contributed by atoms with E-state index < -0.39 is 0 Å². The van der Waals surface area contributed by atoms with Gasteiger partial charge in [0.25, 0.3) is 5.56 Å². The van der Waals surface area contributed by atoms with Crippen molar-refractivity contribution in [2.45, 2.75) is 25.2 Å². The maximum absolute atomic E-state index is 11.9. The van der Waals surface area contributed by atoms with Crippen LogP contribution in [0.4, 0.5) is 0 Å². The number of nitrogens with one attached hydrogen (secondary N) is 1. The molecular weight excluding hydrogens is 206 g/mol. The molecule has 0 aromatic carbocycles. The minimum atomic E-state index is 0.0620. The van der Waals surface area contributed by atoms with E-state index >= 15 is 0 Å². The highest BCUT2D eigenvalue weighted by atomic mass is 16.5. The molecule has 2 rings (SSSR count). The molecule has 1 fully saturated rings. The number of aryl methyl sites for hydroxylation is 1. The van der Waals surface area contributed by atoms with Crippen LogP contribution < -0.4 is 11.3 Å². The van der Waals surface area contributed by atoms with Crippen LogP contribution in [-0.2, 0) is 18.2 Å². The largest absolute Gasteiger partial charge is 0.381 e. The molecular formula is C11H19N3O2. The predicted molar refractivity (Wildman–Crippen MR) is 61.6 cm³/mol. The zero-order valence-corrected chi connectivity index (χ0v) is 9.66. The Hall–Kier alpha value is -1.07. The molecule has 1 aliphatic heterocycles. The van der Waals surface area contributed by atoms with Crippen LogP contribution in [0.25, 0.3) is 0 Å². The highest BCUT2D eigenvalue weighted by molar-refractivity contribution is 5.22. The highest BCUT2D eigenvalue weighted by Gasteiger charge is 2.22. The van der Waals surface area contributed by atoms with Crippen molar-refractivity contribution in [2.24, 2.45) is 12.8 Å². The summed E-state index contributed by atoms with van der Waals surface area (Å²) < 4.78 is 6.89. The quantitative estimate of drug-likeness (QED) is 0.766. The first kappa shape index (κ1) is 11.4. The zero-order valence-electron chi connectivity index (χ0n) is 9.66. The van der Waals surface area contributed by atoms with E-state index in [1.165, 1.54) is 0 Å². The molecule has 2 heterocycles. The zero-order chi connectivity index (χ0) is 11.5. The van der Waals surface area contributed by atoms with E-state index in [0.717, 1.165) is 37.3 Å². The van der Waals surface area contributed by atoms with Gasteiger partial charge in [0, 0.05) is 37.4 Å². The SMILES string of the molecule is Cn1[nH]c(C2CCOCC2)c(CCN)c1=O. The number of aromatic nitrogens is 2. The first-order valence-electron chi connectivity index (χ1n) is 5.79. The molecule has 1 saturated heterocycles. The van der Waals surface area contributed by atoms with Crippen LogP contribution >= 0.6 is 0 Å². The van der Waals surface area contributed by atoms with E-state index in [2.05, 4.69) is 5.10 Å². The summed E-state index contributed by atoms with van der Waals surface area (Å²) in [6.45, 7) is 2.08. The van der Waals surface area contributed by atoms with Gasteiger partial charge >= 0.3 is 0 Å². The van der Waals surface area contributed by atoms with Gasteiger partial charge in [0.1, 0.15) is 0 Å². The number of rotatable bonds is 3. The summed E-state index contributed by atoms with van der Waals surface area (Å²) in [6.07, 6.45) is 2.62. The summed E-state index contributed by atoms with van der Waals surface area (Å²) in [6, 6.07) is 0. The molecule has 1 aliphatic rings. The van der Waals surface area contributed by atoms with Crippen molar-refractivity contribution in [2.75, 3.05) is 19.8 Å². The molecule has 90 valence electrons. The summed E-state index contributed by atoms with van der Waals surface area (Å²) in [7, 11) is 1.76. The lowest BCUT2D eigenvalue weighted by Crippen LogP contribution is -2.19. The second-order valence-electron chi connectivity index (χ2n) is 4.29. The standard InChI is InChI=1S/C11H19N3O2/c1-14-11(15)9(2-5-12)10(13-14)8-3-6-16-7-4-8/h8,13H,2-7,12H2,1H3. The molecule has 0 aliphatic carbocycles. The third-order valence-electron chi connectivity index (χ3n) is 3.20. The maximum Gasteiger partial charge on any atom is 0.269 e. The monoisotopic (exact) mass is 225 g/mol. The Bertz CT molecular complexity index is 402. The molecule has 0 radical (unpaired) electrons. The molecule has 0 saturated carbocycles. The van der Waals surface area contributed by atoms with Gasteiger partial charge in [-0.3, -0.25) is 14.6 Å². The average molecular weight is 225 g/mol. The fourth-order valence-electron chi connectivity index (χ4n) is 2.33. The highest BCUT2D eigenvalue weighted by Crippen LogP contribution is 2.26. The second kappa shape index (κ2) is 4.84. The van der Waals surface area contributed by atoms with E-state index in [4.69, 9.17) is 10.5 Å². The van der Waals surface area contributed by atoms with Crippen molar-refractivity contribution in [3.8, 4) is 0 Å². The van der Waals surface area contributed by atoms with Crippen molar-refractivity contribution in [3.63, 3.8) is 0 Å². The molecule has 5 nitrogen and oxygen atoms in total. The predicted octanol–water partition coefficient (Wildman–Crippen LogP) is 0.109. The summed E-state index contributed by atoms with van der Waals surface area (Å²) in [4.78, 5) is 11.9. The number of hydrogen-bond donors (Lipinski definition) is 2. The van der Waals surface area contributed by atoms with E-state index in [9.17, 15) is 4.79 Å². The summed E-state index contributed by atoms with van der Waals surface area (Å²) >= 11 is 0. The lowest BCUT2D eigenvalue weighted by Gasteiger charge is -2.21. The number of H-pyrrole nitrogens is 1. The second-order valence-corrected chi connectivity index (χ2v) is 4.29. The van der Waals surface area contributed by atoms with Crippen LogP contribution in [0.1, 0.15) is 30.0 Å². The fraction of sp³-hybridized carbons (Fsp3) is 0.727. The lowest BCUT2D eigenvalue weighted by molar-refractivity contribution is 0.0842. The number of nitrogens with zero attached hydrogens (tertiary/aromatic N) is 1. The molecule has 1 aromatic rings. The summed E-state index contributed by atoms with van der Waals surface area (Å²) in [5, 5.41) is 3.16. The van der Waals surface area contributed by atoms with Crippen molar-refractivity contribution >= 4 is 0 Å². The maximum atomic E-state index is 11.9. The van der Waals surface area contributed by atoms with E-state index in [0.29, 0.717) is 18.9 Å². The molecule has 0 bridgehead atoms. The Morgan fingerprint density at radius 1 is 1.50 bits per heavy atom. The molecule has 0 atom stereocenters. The number of ether oxygens (including phenoxy) is 1. The van der Waals surface area contributed by atoms with Crippen LogP contribution in [0.2, 0.25) is 0 Å². The van der Waals surface area contributed by atoms with Crippen molar-refractivity contribution in [1.82, 2.24) is 9.78 Å². The molecule has 1 aromatic heterocycles. The molecule has 0 amide bonds. The number of hydrogen-bond acceptors (Lipinski definition) is 3. The van der Waals surface area contributed by atoms with Gasteiger partial charge in [0.05, 0.1) is 0 Å². The van der Waals surface area contributed by atoms with Crippen LogP contribution in [0.3, 0.4) is 0 Å². The lowest BCUT2D eigenvalue weighted by atomic mass is 9.93. The smallest absolute Gasteiger partial charge is 0.269 e. The Balaban J connectivity index is 2.31. The topological polar surface area (TPSA) is 73.0 Å². The van der Waals surface area contributed by atoms with Gasteiger partial charge in [-0.05, 0) is 25.8 Å². The van der Waals surface area contributed by atoms with Gasteiger partial charge in [-0.15, -0.1) is 0 Å². The van der Waals surface area contributed by atoms with Gasteiger partial charge in [-0.1, -0.05) is 0 Å². The molecule has 3 N–H and O–H groups in total. The van der Waals surface area contributed by atoms with E-state index in [-0.39, 0.29) is 5.56 Å². The van der Waals surface area contributed by atoms with Crippen LogP contribution in [0.15, 0.2) is 4.79 Å². The Kier molecular flexibility index (Phi) is 3.46. The minimum absolute atomic E-state index is 0.0620. The van der Waals surface area contributed by atoms with Gasteiger partial charge < -0.3 is 10.5 Å². The molecule has 0 spiro atoms. The Morgan fingerprint density at radius 3 is 2.81 bits per heavy atom. The molecule has 16 heavy (non-hydrogen) atoms. The van der Waals surface area contributed by atoms with Gasteiger partial charge in [0.2, 0.25) is 0 Å². The third-order valence-corrected chi connectivity index (χ3v) is 3.20. The van der Waals surface area contributed by atoms with Crippen LogP contribution in [-0.4, -0.2) is 29.5 Å². The number of aromatic amines is 1. The first-order valence-corrected chi connectivity index (χ1v) is 5.79. The van der Waals surface area contributed by atoms with Crippen LogP contribution in [0, 0.1) is 0 Å². The number of nitrogens with two attached hydrogens (primary N) is 1. The molecule has 0 unspecified atom stereocenters. The first-order chi connectivity index (χ1) is 7.74. The van der Waals surface area contributed by atoms with Crippen molar-refractivity contribution in [1.29, 1.82) is 0 Å². The van der Waals surface area contributed by atoms with Gasteiger partial charge in [-0.2, -0.15) is 0 Å². The van der Waals surface area contributed by atoms with E-state index in [1.54, 1.807) is 11.7 Å². The van der Waals surface area contributed by atoms with Gasteiger partial charge in [-0.25, -0.2) is 0 Å². The summed E-state index contributed by atoms with van der Waals surface area (Å²) in [5.41, 5.74) is 7.54.